The summed E-state index contributed by atoms with van der Waals surface area (Å²) in [7, 11) is 0. The van der Waals surface area contributed by atoms with Crippen molar-refractivity contribution < 1.29 is 9.21 Å². The Morgan fingerprint density at radius 2 is 2.33 bits per heavy atom. The van der Waals surface area contributed by atoms with Gasteiger partial charge in [-0.3, -0.25) is 9.88 Å². The van der Waals surface area contributed by atoms with Gasteiger partial charge in [-0.05, 0) is 24.6 Å². The maximum Gasteiger partial charge on any atom is 0.334 e. The normalized spacial score (nSPS) is 10.7. The van der Waals surface area contributed by atoms with Crippen LogP contribution in [0.2, 0.25) is 0 Å². The number of fused-ring (bicyclic) bond motifs is 1. The minimum atomic E-state index is -0.365. The van der Waals surface area contributed by atoms with Crippen LogP contribution in [0.1, 0.15) is 5.56 Å². The Morgan fingerprint density at radius 3 is 3.11 bits per heavy atom. The number of hydrogen-bond donors (Lipinski definition) is 1. The van der Waals surface area contributed by atoms with Gasteiger partial charge in [-0.2, -0.15) is 4.98 Å². The van der Waals surface area contributed by atoms with Crippen LogP contribution in [-0.2, 0) is 0 Å². The lowest BCUT2D eigenvalue weighted by molar-refractivity contribution is 0.253. The molecule has 0 aliphatic heterocycles. The van der Waals surface area contributed by atoms with Crippen LogP contribution in [0.3, 0.4) is 0 Å². The number of nitrogens with one attached hydrogen (secondary N) is 1. The number of nitrogens with zero attached hydrogens (tertiary/aromatic N) is 3. The molecule has 0 fully saturated rings. The highest BCUT2D eigenvalue weighted by atomic mass is 16.4. The third-order valence-corrected chi connectivity index (χ3v) is 2.50. The van der Waals surface area contributed by atoms with E-state index in [0.717, 1.165) is 11.1 Å². The Hall–Kier alpha value is -2.63. The third kappa shape index (κ3) is 1.84. The van der Waals surface area contributed by atoms with E-state index in [4.69, 9.17) is 4.42 Å². The molecule has 0 saturated carbocycles. The van der Waals surface area contributed by atoms with Crippen LogP contribution in [0.25, 0.3) is 11.1 Å². The fourth-order valence-corrected chi connectivity index (χ4v) is 1.63. The summed E-state index contributed by atoms with van der Waals surface area (Å²) in [6, 6.07) is 5.45. The standard InChI is InChI=1S/C12H10N4O2/c1-8-2-3-10-9(6-8)14-11(18-10)15-12(17)16-5-4-13-7-16/h2-7H,1H3,(H,14,15,17). The van der Waals surface area contributed by atoms with Gasteiger partial charge in [0, 0.05) is 12.4 Å². The highest BCUT2D eigenvalue weighted by molar-refractivity contribution is 5.90. The number of carbonyl (C=O) groups is 1. The number of hydrogen-bond acceptors (Lipinski definition) is 4. The molecule has 0 bridgehead atoms. The van der Waals surface area contributed by atoms with Crippen LogP contribution in [0.5, 0.6) is 0 Å². The minimum Gasteiger partial charge on any atom is -0.423 e. The molecular formula is C12H10N4O2. The lowest BCUT2D eigenvalue weighted by Crippen LogP contribution is -2.17. The van der Waals surface area contributed by atoms with Gasteiger partial charge in [0.15, 0.2) is 5.58 Å². The Kier molecular flexibility index (Phi) is 2.33. The summed E-state index contributed by atoms with van der Waals surface area (Å²) in [5.74, 6) is 0. The van der Waals surface area contributed by atoms with Crippen LogP contribution in [-0.4, -0.2) is 20.6 Å². The number of aromatic nitrogens is 3. The summed E-state index contributed by atoms with van der Waals surface area (Å²) in [6.07, 6.45) is 4.47. The van der Waals surface area contributed by atoms with Crippen molar-refractivity contribution in [1.29, 1.82) is 0 Å². The predicted molar refractivity (Wildman–Crippen MR) is 65.4 cm³/mol. The van der Waals surface area contributed by atoms with Crippen LogP contribution in [0.4, 0.5) is 10.8 Å². The largest absolute Gasteiger partial charge is 0.423 e. The van der Waals surface area contributed by atoms with Crippen LogP contribution in [0, 0.1) is 6.92 Å². The van der Waals surface area contributed by atoms with Crippen LogP contribution in [0.15, 0.2) is 41.3 Å². The third-order valence-electron chi connectivity index (χ3n) is 2.50. The molecule has 0 aliphatic rings. The summed E-state index contributed by atoms with van der Waals surface area (Å²) in [5, 5.41) is 2.56. The quantitative estimate of drug-likeness (QED) is 0.711. The van der Waals surface area contributed by atoms with Gasteiger partial charge in [0.05, 0.1) is 0 Å². The highest BCUT2D eigenvalue weighted by Crippen LogP contribution is 2.19. The smallest absolute Gasteiger partial charge is 0.334 e. The first-order valence-electron chi connectivity index (χ1n) is 5.39. The molecule has 0 radical (unpaired) electrons. The van der Waals surface area contributed by atoms with Gasteiger partial charge in [-0.1, -0.05) is 6.07 Å². The molecular weight excluding hydrogens is 232 g/mol. The molecule has 3 aromatic rings. The maximum absolute atomic E-state index is 11.7. The second-order valence-corrected chi connectivity index (χ2v) is 3.89. The number of amides is 1. The molecule has 0 unspecified atom stereocenters. The first-order chi connectivity index (χ1) is 8.72. The summed E-state index contributed by atoms with van der Waals surface area (Å²) >= 11 is 0. The number of rotatable bonds is 1. The molecule has 0 aliphatic carbocycles. The predicted octanol–water partition coefficient (Wildman–Crippen LogP) is 2.41. The minimum absolute atomic E-state index is 0.175. The van der Waals surface area contributed by atoms with E-state index in [1.807, 2.05) is 25.1 Å². The van der Waals surface area contributed by atoms with E-state index in [1.165, 1.54) is 17.1 Å². The molecule has 2 aromatic heterocycles. The number of oxazole rings is 1. The molecule has 90 valence electrons. The van der Waals surface area contributed by atoms with E-state index in [2.05, 4.69) is 15.3 Å². The Bertz CT molecular complexity index is 700. The average molecular weight is 242 g/mol. The Labute approximate surface area is 102 Å². The fourth-order valence-electron chi connectivity index (χ4n) is 1.63. The van der Waals surface area contributed by atoms with Crippen molar-refractivity contribution in [2.75, 3.05) is 5.32 Å². The van der Waals surface area contributed by atoms with Crippen LogP contribution >= 0.6 is 0 Å². The maximum atomic E-state index is 11.7. The fraction of sp³-hybridized carbons (Fsp3) is 0.0833. The molecule has 1 aromatic carbocycles. The van der Waals surface area contributed by atoms with E-state index in [0.29, 0.717) is 5.58 Å². The second kappa shape index (κ2) is 3.99. The zero-order valence-electron chi connectivity index (χ0n) is 9.62. The molecule has 2 heterocycles. The zero-order chi connectivity index (χ0) is 12.5. The molecule has 0 saturated heterocycles. The lowest BCUT2D eigenvalue weighted by atomic mass is 10.2. The van der Waals surface area contributed by atoms with Crippen molar-refractivity contribution in [2.45, 2.75) is 6.92 Å². The molecule has 0 atom stereocenters. The monoisotopic (exact) mass is 242 g/mol. The summed E-state index contributed by atoms with van der Waals surface area (Å²) in [6.45, 7) is 1.97. The summed E-state index contributed by atoms with van der Waals surface area (Å²) in [5.41, 5.74) is 2.45. The van der Waals surface area contributed by atoms with Crippen molar-refractivity contribution in [3.05, 3.63) is 42.5 Å². The van der Waals surface area contributed by atoms with Crippen molar-refractivity contribution in [2.24, 2.45) is 0 Å². The zero-order valence-corrected chi connectivity index (χ0v) is 9.62. The van der Waals surface area contributed by atoms with Gasteiger partial charge in [0.25, 0.3) is 0 Å². The number of anilines is 1. The van der Waals surface area contributed by atoms with Gasteiger partial charge in [0.1, 0.15) is 11.8 Å². The molecule has 6 nitrogen and oxygen atoms in total. The second-order valence-electron chi connectivity index (χ2n) is 3.89. The molecule has 18 heavy (non-hydrogen) atoms. The molecule has 1 amide bonds. The van der Waals surface area contributed by atoms with Gasteiger partial charge < -0.3 is 4.42 Å². The molecule has 1 N–H and O–H groups in total. The Balaban J connectivity index is 1.89. The number of benzene rings is 1. The van der Waals surface area contributed by atoms with Gasteiger partial charge in [0.2, 0.25) is 0 Å². The summed E-state index contributed by atoms with van der Waals surface area (Å²) in [4.78, 5) is 19.7. The van der Waals surface area contributed by atoms with Crippen molar-refractivity contribution >= 4 is 23.1 Å². The van der Waals surface area contributed by atoms with Gasteiger partial charge in [-0.15, -0.1) is 0 Å². The first kappa shape index (κ1) is 10.5. The average Bonchev–Trinajstić information content (AvgIpc) is 2.95. The van der Waals surface area contributed by atoms with Crippen LogP contribution < -0.4 is 5.32 Å². The lowest BCUT2D eigenvalue weighted by Gasteiger charge is -1.98. The van der Waals surface area contributed by atoms with Gasteiger partial charge >= 0.3 is 12.0 Å². The number of imidazole rings is 1. The van der Waals surface area contributed by atoms with E-state index in [9.17, 15) is 4.79 Å². The van der Waals surface area contributed by atoms with Crippen molar-refractivity contribution in [3.8, 4) is 0 Å². The van der Waals surface area contributed by atoms with E-state index >= 15 is 0 Å². The van der Waals surface area contributed by atoms with Gasteiger partial charge in [-0.25, -0.2) is 9.78 Å². The molecule has 6 heteroatoms. The molecule has 3 rings (SSSR count). The summed E-state index contributed by atoms with van der Waals surface area (Å²) < 4.78 is 6.72. The van der Waals surface area contributed by atoms with E-state index in [1.54, 1.807) is 6.20 Å². The first-order valence-corrected chi connectivity index (χ1v) is 5.39. The molecule has 0 spiro atoms. The number of aryl methyl sites for hydroxylation is 1. The van der Waals surface area contributed by atoms with Crippen molar-refractivity contribution in [1.82, 2.24) is 14.5 Å². The highest BCUT2D eigenvalue weighted by Gasteiger charge is 2.10. The van der Waals surface area contributed by atoms with E-state index < -0.39 is 0 Å². The van der Waals surface area contributed by atoms with E-state index in [-0.39, 0.29) is 12.0 Å². The topological polar surface area (TPSA) is 73.0 Å². The number of carbonyl (C=O) groups excluding carboxylic acids is 1. The SMILES string of the molecule is Cc1ccc2oc(NC(=O)n3ccnc3)nc2c1. The Morgan fingerprint density at radius 1 is 1.44 bits per heavy atom. The van der Waals surface area contributed by atoms with Crippen molar-refractivity contribution in [3.63, 3.8) is 0 Å².